The lowest BCUT2D eigenvalue weighted by Gasteiger charge is -2.06. The molecule has 2 aromatic heterocycles. The fraction of sp³-hybridized carbons (Fsp3) is 0.0833. The van der Waals surface area contributed by atoms with Crippen molar-refractivity contribution in [2.75, 3.05) is 0 Å². The zero-order chi connectivity index (χ0) is 13.1. The lowest BCUT2D eigenvalue weighted by molar-refractivity contribution is 0.506. The molecule has 0 atom stereocenters. The van der Waals surface area contributed by atoms with Crippen molar-refractivity contribution in [2.24, 2.45) is 0 Å². The van der Waals surface area contributed by atoms with E-state index in [9.17, 15) is 5.11 Å². The van der Waals surface area contributed by atoms with Gasteiger partial charge in [-0.05, 0) is 18.2 Å². The van der Waals surface area contributed by atoms with Crippen molar-refractivity contribution < 1.29 is 5.11 Å². The first-order valence-electron chi connectivity index (χ1n) is 5.08. The van der Waals surface area contributed by atoms with Gasteiger partial charge in [-0.1, -0.05) is 18.2 Å². The molecular formula is C12H9ClN4O. The number of aliphatic hydroxyl groups excluding tert-OH is 1. The first kappa shape index (κ1) is 12.1. The fourth-order valence-electron chi connectivity index (χ4n) is 1.50. The second-order valence-corrected chi connectivity index (χ2v) is 3.93. The zero-order valence-corrected chi connectivity index (χ0v) is 10.1. The fourth-order valence-corrected chi connectivity index (χ4v) is 1.70. The Morgan fingerprint density at radius 2 is 2.39 bits per heavy atom. The maximum Gasteiger partial charge on any atom is 0.172 e. The second-order valence-electron chi connectivity index (χ2n) is 3.52. The second kappa shape index (κ2) is 4.90. The Hall–Kier alpha value is -2.32. The molecule has 18 heavy (non-hydrogen) atoms. The van der Waals surface area contributed by atoms with Gasteiger partial charge >= 0.3 is 0 Å². The van der Waals surface area contributed by atoms with E-state index in [1.54, 1.807) is 24.4 Å². The van der Waals surface area contributed by atoms with Gasteiger partial charge in [0.1, 0.15) is 11.5 Å². The lowest BCUT2D eigenvalue weighted by Crippen LogP contribution is -2.04. The molecule has 2 rings (SSSR count). The number of halogens is 1. The molecule has 0 saturated carbocycles. The third-order valence-electron chi connectivity index (χ3n) is 2.26. The molecule has 0 spiro atoms. The van der Waals surface area contributed by atoms with Crippen LogP contribution in [0.3, 0.4) is 0 Å². The Morgan fingerprint density at radius 1 is 1.61 bits per heavy atom. The Morgan fingerprint density at radius 3 is 3.00 bits per heavy atom. The van der Waals surface area contributed by atoms with Crippen LogP contribution in [-0.4, -0.2) is 19.9 Å². The van der Waals surface area contributed by atoms with Crippen LogP contribution in [0.1, 0.15) is 11.4 Å². The summed E-state index contributed by atoms with van der Waals surface area (Å²) in [7, 11) is 0. The number of nitrogens with zero attached hydrogens (tertiary/aromatic N) is 4. The molecule has 5 nitrogen and oxygen atoms in total. The molecule has 0 radical (unpaired) electrons. The zero-order valence-electron chi connectivity index (χ0n) is 9.34. The van der Waals surface area contributed by atoms with Crippen LogP contribution in [0.15, 0.2) is 31.0 Å². The summed E-state index contributed by atoms with van der Waals surface area (Å²) < 4.78 is 1.37. The van der Waals surface area contributed by atoms with Gasteiger partial charge in [0.15, 0.2) is 5.82 Å². The highest BCUT2D eigenvalue weighted by atomic mass is 35.5. The van der Waals surface area contributed by atoms with E-state index in [1.165, 1.54) is 4.68 Å². The van der Waals surface area contributed by atoms with E-state index < -0.39 is 0 Å². The predicted molar refractivity (Wildman–Crippen MR) is 67.3 cm³/mol. The quantitative estimate of drug-likeness (QED) is 0.861. The van der Waals surface area contributed by atoms with Crippen molar-refractivity contribution in [1.29, 1.82) is 5.26 Å². The molecular weight excluding hydrogens is 252 g/mol. The highest BCUT2D eigenvalue weighted by molar-refractivity contribution is 6.32. The van der Waals surface area contributed by atoms with E-state index in [4.69, 9.17) is 16.9 Å². The Labute approximate surface area is 109 Å². The normalized spacial score (nSPS) is 10.0. The van der Waals surface area contributed by atoms with E-state index in [-0.39, 0.29) is 12.2 Å². The van der Waals surface area contributed by atoms with Gasteiger partial charge in [0.2, 0.25) is 0 Å². The van der Waals surface area contributed by atoms with Crippen molar-refractivity contribution in [3.63, 3.8) is 0 Å². The highest BCUT2D eigenvalue weighted by Crippen LogP contribution is 2.22. The van der Waals surface area contributed by atoms with E-state index in [0.29, 0.717) is 22.2 Å². The van der Waals surface area contributed by atoms with Crippen LogP contribution in [0, 0.1) is 11.3 Å². The third-order valence-corrected chi connectivity index (χ3v) is 2.55. The minimum atomic E-state index is -0.159. The summed E-state index contributed by atoms with van der Waals surface area (Å²) >= 11 is 6.02. The topological polar surface area (TPSA) is 74.7 Å². The van der Waals surface area contributed by atoms with Gasteiger partial charge in [0.25, 0.3) is 0 Å². The summed E-state index contributed by atoms with van der Waals surface area (Å²) in [6.07, 6.45) is 1.70. The Bertz CT molecular complexity index is 642. The first-order valence-corrected chi connectivity index (χ1v) is 5.46. The minimum Gasteiger partial charge on any atom is -0.506 e. The number of nitriles is 1. The third kappa shape index (κ3) is 2.19. The molecule has 0 saturated heterocycles. The van der Waals surface area contributed by atoms with Crippen LogP contribution >= 0.6 is 11.6 Å². The van der Waals surface area contributed by atoms with E-state index in [2.05, 4.69) is 16.7 Å². The predicted octanol–water partition coefficient (Wildman–Crippen LogP) is 2.52. The number of hydrogen-bond donors (Lipinski definition) is 1. The van der Waals surface area contributed by atoms with E-state index in [1.807, 2.05) is 6.07 Å². The molecule has 0 fully saturated rings. The van der Waals surface area contributed by atoms with Gasteiger partial charge in [-0.3, -0.25) is 0 Å². The Kier molecular flexibility index (Phi) is 3.31. The molecule has 0 amide bonds. The van der Waals surface area contributed by atoms with Crippen LogP contribution in [0.4, 0.5) is 0 Å². The summed E-state index contributed by atoms with van der Waals surface area (Å²) in [6.45, 7) is 3.46. The Balaban J connectivity index is 2.60. The summed E-state index contributed by atoms with van der Waals surface area (Å²) in [5.74, 6) is 0.224. The summed E-state index contributed by atoms with van der Waals surface area (Å²) in [5, 5.41) is 22.8. The number of rotatable bonds is 3. The standard InChI is InChI=1S/C12H9ClN4O/c1-8(18)11-7-9(4-5-14)16-17(11)12-10(13)3-2-6-15-12/h2-3,6-7,18H,1,4H2. The molecule has 0 aliphatic rings. The molecule has 90 valence electrons. The van der Waals surface area contributed by atoms with Crippen LogP contribution < -0.4 is 0 Å². The van der Waals surface area contributed by atoms with Crippen molar-refractivity contribution in [1.82, 2.24) is 14.8 Å². The average molecular weight is 261 g/mol. The van der Waals surface area contributed by atoms with Gasteiger partial charge in [0, 0.05) is 6.20 Å². The highest BCUT2D eigenvalue weighted by Gasteiger charge is 2.14. The van der Waals surface area contributed by atoms with Crippen LogP contribution in [0.2, 0.25) is 5.02 Å². The number of aliphatic hydroxyl groups is 1. The van der Waals surface area contributed by atoms with Crippen molar-refractivity contribution in [3.05, 3.63) is 47.4 Å². The van der Waals surface area contributed by atoms with E-state index >= 15 is 0 Å². The largest absolute Gasteiger partial charge is 0.506 e. The van der Waals surface area contributed by atoms with Crippen molar-refractivity contribution in [3.8, 4) is 11.9 Å². The lowest BCUT2D eigenvalue weighted by atomic mass is 10.3. The smallest absolute Gasteiger partial charge is 0.172 e. The van der Waals surface area contributed by atoms with Gasteiger partial charge in [-0.2, -0.15) is 10.4 Å². The van der Waals surface area contributed by atoms with Crippen LogP contribution in [-0.2, 0) is 6.42 Å². The molecule has 6 heteroatoms. The maximum atomic E-state index is 9.53. The first-order chi connectivity index (χ1) is 8.63. The summed E-state index contributed by atoms with van der Waals surface area (Å²) in [5.41, 5.74) is 0.880. The SMILES string of the molecule is C=C(O)c1cc(CC#N)nn1-c1ncccc1Cl. The van der Waals surface area contributed by atoms with Crippen LogP contribution in [0.5, 0.6) is 0 Å². The van der Waals surface area contributed by atoms with Crippen molar-refractivity contribution in [2.45, 2.75) is 6.42 Å². The number of hydrogen-bond acceptors (Lipinski definition) is 4. The molecule has 0 bridgehead atoms. The number of aromatic nitrogens is 3. The van der Waals surface area contributed by atoms with Gasteiger partial charge in [0.05, 0.1) is 23.2 Å². The molecule has 2 heterocycles. The molecule has 1 N–H and O–H groups in total. The summed E-state index contributed by atoms with van der Waals surface area (Å²) in [4.78, 5) is 4.10. The minimum absolute atomic E-state index is 0.137. The molecule has 0 aromatic carbocycles. The van der Waals surface area contributed by atoms with Gasteiger partial charge in [-0.25, -0.2) is 9.67 Å². The molecule has 2 aromatic rings. The van der Waals surface area contributed by atoms with Crippen LogP contribution in [0.25, 0.3) is 11.6 Å². The van der Waals surface area contributed by atoms with E-state index in [0.717, 1.165) is 0 Å². The molecule has 0 aliphatic carbocycles. The summed E-state index contributed by atoms with van der Waals surface area (Å²) in [6, 6.07) is 6.93. The van der Waals surface area contributed by atoms with Gasteiger partial charge < -0.3 is 5.11 Å². The van der Waals surface area contributed by atoms with Crippen molar-refractivity contribution >= 4 is 17.4 Å². The average Bonchev–Trinajstić information content (AvgIpc) is 2.74. The van der Waals surface area contributed by atoms with Gasteiger partial charge in [-0.15, -0.1) is 0 Å². The monoisotopic (exact) mass is 260 g/mol. The maximum absolute atomic E-state index is 9.53. The number of pyridine rings is 1. The molecule has 0 aliphatic heterocycles. The molecule has 0 unspecified atom stereocenters.